The van der Waals surface area contributed by atoms with Gasteiger partial charge in [-0.05, 0) is 36.0 Å². The Morgan fingerprint density at radius 2 is 1.90 bits per heavy atom. The van der Waals surface area contributed by atoms with Gasteiger partial charge in [0.15, 0.2) is 0 Å². The van der Waals surface area contributed by atoms with Gasteiger partial charge in [-0.15, -0.1) is 11.3 Å². The molecular formula is C15H20N2O2S2. The molecule has 1 aromatic heterocycles. The van der Waals surface area contributed by atoms with Gasteiger partial charge in [-0.1, -0.05) is 32.0 Å². The van der Waals surface area contributed by atoms with Crippen molar-refractivity contribution in [3.05, 3.63) is 46.2 Å². The smallest absolute Gasteiger partial charge is 0.263 e. The Kier molecular flexibility index (Phi) is 5.03. The highest BCUT2D eigenvalue weighted by Crippen LogP contribution is 2.28. The maximum absolute atomic E-state index is 12.6. The summed E-state index contributed by atoms with van der Waals surface area (Å²) in [5.74, 6) is 0.253. The third-order valence-electron chi connectivity index (χ3n) is 3.16. The molecule has 0 saturated carbocycles. The molecule has 114 valence electrons. The van der Waals surface area contributed by atoms with Crippen molar-refractivity contribution in [1.29, 1.82) is 0 Å². The summed E-state index contributed by atoms with van der Waals surface area (Å²) < 4.78 is 27.9. The van der Waals surface area contributed by atoms with E-state index < -0.39 is 10.0 Å². The predicted octanol–water partition coefficient (Wildman–Crippen LogP) is 3.39. The minimum atomic E-state index is -3.56. The second kappa shape index (κ2) is 6.60. The van der Waals surface area contributed by atoms with Crippen molar-refractivity contribution in [3.63, 3.8) is 0 Å². The molecule has 21 heavy (non-hydrogen) atoms. The first kappa shape index (κ1) is 16.0. The molecule has 2 N–H and O–H groups in total. The second-order valence-corrected chi connectivity index (χ2v) is 7.74. The zero-order valence-corrected chi connectivity index (χ0v) is 14.0. The molecule has 0 bridgehead atoms. The summed E-state index contributed by atoms with van der Waals surface area (Å²) in [6, 6.07) is 9.16. The van der Waals surface area contributed by atoms with Crippen LogP contribution in [0.2, 0.25) is 0 Å². The fourth-order valence-electron chi connectivity index (χ4n) is 2.15. The van der Waals surface area contributed by atoms with E-state index in [2.05, 4.69) is 10.0 Å². The number of sulfonamides is 1. The maximum atomic E-state index is 12.6. The second-order valence-electron chi connectivity index (χ2n) is 5.09. The first-order chi connectivity index (χ1) is 9.95. The molecule has 6 heteroatoms. The van der Waals surface area contributed by atoms with E-state index in [-0.39, 0.29) is 5.92 Å². The molecule has 0 radical (unpaired) electrons. The highest BCUT2D eigenvalue weighted by atomic mass is 32.2. The Bertz CT molecular complexity index is 706. The van der Waals surface area contributed by atoms with E-state index in [9.17, 15) is 8.42 Å². The average Bonchev–Trinajstić information content (AvgIpc) is 2.88. The van der Waals surface area contributed by atoms with Gasteiger partial charge in [-0.25, -0.2) is 8.42 Å². The van der Waals surface area contributed by atoms with E-state index in [0.29, 0.717) is 17.1 Å². The largest absolute Gasteiger partial charge is 0.315 e. The van der Waals surface area contributed by atoms with Crippen LogP contribution in [0.15, 0.2) is 40.6 Å². The summed E-state index contributed by atoms with van der Waals surface area (Å²) in [4.78, 5) is 1.16. The molecule has 1 aromatic carbocycles. The molecular weight excluding hydrogens is 304 g/mol. The monoisotopic (exact) mass is 324 g/mol. The number of hydrogen-bond donors (Lipinski definition) is 2. The van der Waals surface area contributed by atoms with Crippen LogP contribution in [-0.2, 0) is 16.6 Å². The molecule has 0 aliphatic carbocycles. The molecule has 0 fully saturated rings. The van der Waals surface area contributed by atoms with Crippen LogP contribution in [0.25, 0.3) is 0 Å². The number of hydrogen-bond acceptors (Lipinski definition) is 4. The van der Waals surface area contributed by atoms with Crippen LogP contribution >= 0.6 is 11.3 Å². The molecule has 1 heterocycles. The summed E-state index contributed by atoms with van der Waals surface area (Å²) in [5.41, 5.74) is 1.64. The minimum absolute atomic E-state index is 0.253. The third kappa shape index (κ3) is 3.64. The number of anilines is 1. The zero-order chi connectivity index (χ0) is 15.5. The highest BCUT2D eigenvalue weighted by molar-refractivity contribution is 7.93. The van der Waals surface area contributed by atoms with Gasteiger partial charge in [0.2, 0.25) is 0 Å². The van der Waals surface area contributed by atoms with E-state index >= 15 is 0 Å². The van der Waals surface area contributed by atoms with E-state index in [4.69, 9.17) is 0 Å². The number of para-hydroxylation sites is 1. The first-order valence-corrected chi connectivity index (χ1v) is 9.14. The Morgan fingerprint density at radius 3 is 2.57 bits per heavy atom. The quantitative estimate of drug-likeness (QED) is 0.856. The van der Waals surface area contributed by atoms with Crippen molar-refractivity contribution in [1.82, 2.24) is 5.32 Å². The van der Waals surface area contributed by atoms with Crippen molar-refractivity contribution >= 4 is 27.0 Å². The fourth-order valence-corrected chi connectivity index (χ4v) is 4.70. The van der Waals surface area contributed by atoms with Gasteiger partial charge in [-0.2, -0.15) is 0 Å². The van der Waals surface area contributed by atoms with Gasteiger partial charge >= 0.3 is 0 Å². The molecule has 0 saturated heterocycles. The van der Waals surface area contributed by atoms with E-state index in [0.717, 1.165) is 10.4 Å². The Balaban J connectivity index is 2.36. The molecule has 0 aliphatic rings. The number of rotatable bonds is 6. The van der Waals surface area contributed by atoms with E-state index in [1.54, 1.807) is 24.6 Å². The van der Waals surface area contributed by atoms with Crippen LogP contribution in [0.1, 0.15) is 30.2 Å². The average molecular weight is 324 g/mol. The molecule has 2 rings (SSSR count). The Labute approximate surface area is 130 Å². The lowest BCUT2D eigenvalue weighted by atomic mass is 10.0. The third-order valence-corrected chi connectivity index (χ3v) is 5.66. The summed E-state index contributed by atoms with van der Waals surface area (Å²) in [7, 11) is -1.76. The van der Waals surface area contributed by atoms with E-state index in [1.165, 1.54) is 11.3 Å². The van der Waals surface area contributed by atoms with Gasteiger partial charge in [0.25, 0.3) is 10.0 Å². The molecule has 0 atom stereocenters. The van der Waals surface area contributed by atoms with Crippen molar-refractivity contribution < 1.29 is 8.42 Å². The van der Waals surface area contributed by atoms with Crippen LogP contribution in [0.5, 0.6) is 0 Å². The summed E-state index contributed by atoms with van der Waals surface area (Å²) >= 11 is 1.44. The van der Waals surface area contributed by atoms with Crippen LogP contribution in [0, 0.1) is 0 Å². The van der Waals surface area contributed by atoms with Gasteiger partial charge in [-0.3, -0.25) is 4.72 Å². The Morgan fingerprint density at radius 1 is 1.19 bits per heavy atom. The van der Waals surface area contributed by atoms with Crippen LogP contribution in [0.3, 0.4) is 0 Å². The minimum Gasteiger partial charge on any atom is -0.315 e. The summed E-state index contributed by atoms with van der Waals surface area (Å²) in [5, 5.41) is 4.80. The Hall–Kier alpha value is -1.37. The van der Waals surface area contributed by atoms with Crippen LogP contribution in [-0.4, -0.2) is 15.5 Å². The molecule has 4 nitrogen and oxygen atoms in total. The summed E-state index contributed by atoms with van der Waals surface area (Å²) in [6.45, 7) is 4.63. The van der Waals surface area contributed by atoms with Gasteiger partial charge in [0.05, 0.1) is 5.69 Å². The number of nitrogens with one attached hydrogen (secondary N) is 2. The van der Waals surface area contributed by atoms with Crippen molar-refractivity contribution in [2.24, 2.45) is 0 Å². The molecule has 0 aliphatic heterocycles. The number of benzene rings is 1. The lowest BCUT2D eigenvalue weighted by Crippen LogP contribution is -2.16. The standard InChI is InChI=1S/C15H20N2O2S2/c1-11(2)12-6-4-5-7-13(12)17-21(18,19)15-8-9-20-14(15)10-16-3/h4-9,11,16-17H,10H2,1-3H3. The molecule has 0 spiro atoms. The lowest BCUT2D eigenvalue weighted by Gasteiger charge is -2.15. The van der Waals surface area contributed by atoms with Gasteiger partial charge in [0, 0.05) is 11.4 Å². The van der Waals surface area contributed by atoms with Crippen LogP contribution < -0.4 is 10.0 Å². The van der Waals surface area contributed by atoms with Crippen LogP contribution in [0.4, 0.5) is 5.69 Å². The first-order valence-electron chi connectivity index (χ1n) is 6.78. The zero-order valence-electron chi connectivity index (χ0n) is 12.4. The van der Waals surface area contributed by atoms with Crippen molar-refractivity contribution in [2.45, 2.75) is 31.2 Å². The molecule has 0 unspecified atom stereocenters. The van der Waals surface area contributed by atoms with Gasteiger partial charge < -0.3 is 5.32 Å². The predicted molar refractivity (Wildman–Crippen MR) is 88.4 cm³/mol. The summed E-state index contributed by atoms with van der Waals surface area (Å²) in [6.07, 6.45) is 0. The topological polar surface area (TPSA) is 58.2 Å². The van der Waals surface area contributed by atoms with Crippen molar-refractivity contribution in [3.8, 4) is 0 Å². The highest BCUT2D eigenvalue weighted by Gasteiger charge is 2.21. The van der Waals surface area contributed by atoms with Crippen molar-refractivity contribution in [2.75, 3.05) is 11.8 Å². The van der Waals surface area contributed by atoms with Gasteiger partial charge in [0.1, 0.15) is 4.90 Å². The SMILES string of the molecule is CNCc1sccc1S(=O)(=O)Nc1ccccc1C(C)C. The normalized spacial score (nSPS) is 11.8. The lowest BCUT2D eigenvalue weighted by molar-refractivity contribution is 0.600. The fraction of sp³-hybridized carbons (Fsp3) is 0.333. The molecule has 0 amide bonds. The maximum Gasteiger partial charge on any atom is 0.263 e. The molecule has 2 aromatic rings. The van der Waals surface area contributed by atoms with E-state index in [1.807, 2.05) is 32.0 Å². The number of thiophene rings is 1.